The van der Waals surface area contributed by atoms with Crippen LogP contribution in [0.25, 0.3) is 11.1 Å². The minimum atomic E-state index is -0.745. The lowest BCUT2D eigenvalue weighted by molar-refractivity contribution is 0.0943. The van der Waals surface area contributed by atoms with Gasteiger partial charge in [0.1, 0.15) is 0 Å². The first-order chi connectivity index (χ1) is 12.1. The third-order valence-corrected chi connectivity index (χ3v) is 4.44. The van der Waals surface area contributed by atoms with Gasteiger partial charge in [0.25, 0.3) is 5.91 Å². The zero-order chi connectivity index (χ0) is 17.6. The van der Waals surface area contributed by atoms with Gasteiger partial charge in [0.15, 0.2) is 5.82 Å². The maximum Gasteiger partial charge on any atom is 0.269 e. The summed E-state index contributed by atoms with van der Waals surface area (Å²) in [6, 6.07) is 21.8. The van der Waals surface area contributed by atoms with Gasteiger partial charge in [-0.15, -0.1) is 0 Å². The Bertz CT molecular complexity index is 875. The molecule has 3 aromatic rings. The minimum absolute atomic E-state index is 0.0952. The zero-order valence-electron chi connectivity index (χ0n) is 13.0. The average molecular weight is 373 g/mol. The Balaban J connectivity index is 1.76. The number of rotatable bonds is 5. The van der Waals surface area contributed by atoms with E-state index in [0.717, 1.165) is 10.5 Å². The van der Waals surface area contributed by atoms with E-state index in [1.807, 2.05) is 60.7 Å². The number of benzene rings is 3. The lowest BCUT2D eigenvalue weighted by Crippen LogP contribution is -2.33. The highest BCUT2D eigenvalue weighted by Gasteiger charge is 2.17. The van der Waals surface area contributed by atoms with Crippen LogP contribution in [0.2, 0.25) is 5.02 Å². The highest BCUT2D eigenvalue weighted by Crippen LogP contribution is 2.28. The van der Waals surface area contributed by atoms with Crippen molar-refractivity contribution in [1.82, 2.24) is 10.3 Å². The van der Waals surface area contributed by atoms with Crippen molar-refractivity contribution >= 4 is 29.5 Å². The molecule has 0 saturated carbocycles. The predicted octanol–water partition coefficient (Wildman–Crippen LogP) is 5.09. The van der Waals surface area contributed by atoms with Crippen LogP contribution in [0.15, 0.2) is 77.7 Å². The molecule has 3 aromatic carbocycles. The molecule has 0 radical (unpaired) electrons. The van der Waals surface area contributed by atoms with E-state index >= 15 is 0 Å². The van der Waals surface area contributed by atoms with Crippen LogP contribution in [0.3, 0.4) is 0 Å². The first-order valence-electron chi connectivity index (χ1n) is 7.47. The summed E-state index contributed by atoms with van der Waals surface area (Å²) in [4.78, 5) is 15.9. The molecule has 0 atom stereocenters. The van der Waals surface area contributed by atoms with Gasteiger partial charge >= 0.3 is 0 Å². The lowest BCUT2D eigenvalue weighted by Gasteiger charge is -2.10. The Morgan fingerprint density at radius 1 is 0.920 bits per heavy atom. The van der Waals surface area contributed by atoms with E-state index in [0.29, 0.717) is 5.56 Å². The summed E-state index contributed by atoms with van der Waals surface area (Å²) in [5.41, 5.74) is 3.88. The molecule has 0 fully saturated rings. The second kappa shape index (κ2) is 8.16. The van der Waals surface area contributed by atoms with E-state index < -0.39 is 11.7 Å². The molecule has 0 aliphatic heterocycles. The van der Waals surface area contributed by atoms with Crippen LogP contribution in [0, 0.1) is 5.82 Å². The molecule has 1 amide bonds. The van der Waals surface area contributed by atoms with Gasteiger partial charge in [-0.3, -0.25) is 10.2 Å². The summed E-state index contributed by atoms with van der Waals surface area (Å²) in [6.07, 6.45) is 0. The third kappa shape index (κ3) is 4.39. The lowest BCUT2D eigenvalue weighted by atomic mass is 10.0. The smallest absolute Gasteiger partial charge is 0.269 e. The van der Waals surface area contributed by atoms with Gasteiger partial charge in [-0.05, 0) is 47.3 Å². The Morgan fingerprint density at radius 3 is 2.24 bits per heavy atom. The van der Waals surface area contributed by atoms with Crippen molar-refractivity contribution in [3.05, 3.63) is 89.2 Å². The number of amides is 1. The van der Waals surface area contributed by atoms with Gasteiger partial charge in [0.05, 0.1) is 10.6 Å². The fraction of sp³-hybridized carbons (Fsp3) is 0. The maximum atomic E-state index is 14.3. The molecule has 0 aromatic heterocycles. The van der Waals surface area contributed by atoms with E-state index in [1.54, 1.807) is 0 Å². The minimum Gasteiger partial charge on any atom is -0.277 e. The third-order valence-electron chi connectivity index (χ3n) is 3.46. The molecule has 0 unspecified atom stereocenters. The first-order valence-corrected chi connectivity index (χ1v) is 8.66. The fourth-order valence-electron chi connectivity index (χ4n) is 2.24. The topological polar surface area (TPSA) is 41.1 Å². The SMILES string of the molecule is O=C(NNSc1ccccc1)c1cc(-c2ccccc2)cc(Cl)c1F. The van der Waals surface area contributed by atoms with Crippen molar-refractivity contribution in [3.63, 3.8) is 0 Å². The molecule has 6 heteroatoms. The molecular formula is C19H14ClFN2OS. The summed E-state index contributed by atoms with van der Waals surface area (Å²) in [5.74, 6) is -1.34. The van der Waals surface area contributed by atoms with Crippen molar-refractivity contribution in [2.45, 2.75) is 4.90 Å². The number of hydrazine groups is 1. The number of nitrogens with one attached hydrogen (secondary N) is 2. The molecule has 0 heterocycles. The summed E-state index contributed by atoms with van der Waals surface area (Å²) in [7, 11) is 0. The van der Waals surface area contributed by atoms with Crippen molar-refractivity contribution < 1.29 is 9.18 Å². The molecule has 3 rings (SSSR count). The van der Waals surface area contributed by atoms with Crippen molar-refractivity contribution in [1.29, 1.82) is 0 Å². The molecular weight excluding hydrogens is 359 g/mol. The van der Waals surface area contributed by atoms with Gasteiger partial charge in [0.2, 0.25) is 0 Å². The van der Waals surface area contributed by atoms with Gasteiger partial charge in [-0.25, -0.2) is 4.39 Å². The van der Waals surface area contributed by atoms with E-state index in [1.165, 1.54) is 24.1 Å². The second-order valence-electron chi connectivity index (χ2n) is 5.16. The Morgan fingerprint density at radius 2 is 1.56 bits per heavy atom. The Labute approximate surface area is 154 Å². The van der Waals surface area contributed by atoms with Crippen LogP contribution in [-0.4, -0.2) is 5.91 Å². The van der Waals surface area contributed by atoms with E-state index in [4.69, 9.17) is 11.6 Å². The maximum absolute atomic E-state index is 14.3. The molecule has 2 N–H and O–H groups in total. The molecule has 0 saturated heterocycles. The number of hydrogen-bond acceptors (Lipinski definition) is 3. The average Bonchev–Trinajstić information content (AvgIpc) is 2.65. The molecule has 126 valence electrons. The highest BCUT2D eigenvalue weighted by molar-refractivity contribution is 7.97. The Kier molecular flexibility index (Phi) is 5.71. The molecule has 25 heavy (non-hydrogen) atoms. The van der Waals surface area contributed by atoms with Crippen molar-refractivity contribution in [2.75, 3.05) is 0 Å². The van der Waals surface area contributed by atoms with Crippen molar-refractivity contribution in [2.24, 2.45) is 0 Å². The van der Waals surface area contributed by atoms with Crippen LogP contribution in [0.1, 0.15) is 10.4 Å². The van der Waals surface area contributed by atoms with E-state index in [2.05, 4.69) is 10.3 Å². The monoisotopic (exact) mass is 372 g/mol. The normalized spacial score (nSPS) is 10.5. The zero-order valence-corrected chi connectivity index (χ0v) is 14.6. The second-order valence-corrected chi connectivity index (χ2v) is 6.44. The summed E-state index contributed by atoms with van der Waals surface area (Å²) < 4.78 is 14.3. The number of carbonyl (C=O) groups excluding carboxylic acids is 1. The van der Waals surface area contributed by atoms with Gasteiger partial charge in [-0.1, -0.05) is 60.1 Å². The molecule has 0 bridgehead atoms. The van der Waals surface area contributed by atoms with Gasteiger partial charge < -0.3 is 0 Å². The standard InChI is InChI=1S/C19H14ClFN2OS/c20-17-12-14(13-7-3-1-4-8-13)11-16(18(17)21)19(24)22-23-25-15-9-5-2-6-10-15/h1-12,23H,(H,22,24). The van der Waals surface area contributed by atoms with Crippen LogP contribution in [0.4, 0.5) is 4.39 Å². The van der Waals surface area contributed by atoms with Crippen LogP contribution >= 0.6 is 23.5 Å². The van der Waals surface area contributed by atoms with Crippen LogP contribution < -0.4 is 10.3 Å². The molecule has 3 nitrogen and oxygen atoms in total. The number of halogens is 2. The van der Waals surface area contributed by atoms with E-state index in [9.17, 15) is 9.18 Å². The number of hydrogen-bond donors (Lipinski definition) is 2. The van der Waals surface area contributed by atoms with Crippen LogP contribution in [0.5, 0.6) is 0 Å². The first kappa shape index (κ1) is 17.5. The van der Waals surface area contributed by atoms with Gasteiger partial charge in [-0.2, -0.15) is 4.83 Å². The number of carbonyl (C=O) groups is 1. The Hall–Kier alpha value is -2.34. The van der Waals surface area contributed by atoms with Crippen LogP contribution in [-0.2, 0) is 0 Å². The molecule has 0 aliphatic rings. The van der Waals surface area contributed by atoms with Gasteiger partial charge in [0, 0.05) is 4.90 Å². The fourth-order valence-corrected chi connectivity index (χ4v) is 3.01. The molecule has 0 spiro atoms. The summed E-state index contributed by atoms with van der Waals surface area (Å²) >= 11 is 7.18. The summed E-state index contributed by atoms with van der Waals surface area (Å²) in [5, 5.41) is -0.0952. The quantitative estimate of drug-likeness (QED) is 0.484. The highest BCUT2D eigenvalue weighted by atomic mass is 35.5. The largest absolute Gasteiger partial charge is 0.277 e. The molecule has 0 aliphatic carbocycles. The predicted molar refractivity (Wildman–Crippen MR) is 99.7 cm³/mol. The van der Waals surface area contributed by atoms with E-state index in [-0.39, 0.29) is 10.6 Å². The van der Waals surface area contributed by atoms with Crippen molar-refractivity contribution in [3.8, 4) is 11.1 Å². The summed E-state index contributed by atoms with van der Waals surface area (Å²) in [6.45, 7) is 0.